The topological polar surface area (TPSA) is 0 Å². The predicted molar refractivity (Wildman–Crippen MR) is 165 cm³/mol. The fourth-order valence-corrected chi connectivity index (χ4v) is 4.24. The van der Waals surface area contributed by atoms with Gasteiger partial charge in [0.05, 0.1) is 0 Å². The molecule has 36 heavy (non-hydrogen) atoms. The fraction of sp³-hybridized carbons (Fsp3) is 0.438. The van der Waals surface area contributed by atoms with Crippen LogP contribution in [0.1, 0.15) is 101 Å². The Balaban J connectivity index is 0.000000296. The number of rotatable bonds is 4. The quantitative estimate of drug-likeness (QED) is 0.158. The Hall–Kier alpha value is -0.660. The van der Waals surface area contributed by atoms with Crippen LogP contribution in [0.3, 0.4) is 0 Å². The molecule has 4 aromatic carbocycles. The summed E-state index contributed by atoms with van der Waals surface area (Å²) in [6.45, 7) is 22.4. The van der Waals surface area contributed by atoms with Gasteiger partial charge in [-0.3, -0.25) is 0 Å². The average molecular weight is 619 g/mol. The first-order valence-electron chi connectivity index (χ1n) is 12.9. The van der Waals surface area contributed by atoms with Crippen molar-refractivity contribution in [3.63, 3.8) is 0 Å². The van der Waals surface area contributed by atoms with Crippen molar-refractivity contribution in [2.24, 2.45) is 0 Å². The standard InChI is InChI=1S/2C15H19.C2H6Si.2ClH.Zr/c2*1-10(2)13-8-12-6-5-7-14(11(3)4)15(12)9-13;1-3-2;;;/h2*5-11H,1-4H3;1-2H3;2*1H;/q2*-1;;;;+4/p-2. The minimum atomic E-state index is -0.826. The molecular formula is C32H44Cl2SiZr. The molecule has 2 radical (unpaired) electrons. The molecule has 4 aromatic rings. The molecule has 0 N–H and O–H groups in total. The molecule has 0 saturated carbocycles. The Kier molecular flexibility index (Phi) is 15.8. The molecule has 0 aliphatic rings. The molecule has 0 aromatic heterocycles. The zero-order valence-corrected chi connectivity index (χ0v) is 28.8. The van der Waals surface area contributed by atoms with E-state index < -0.39 is 20.8 Å². The van der Waals surface area contributed by atoms with Crippen molar-refractivity contribution in [1.29, 1.82) is 0 Å². The molecule has 0 amide bonds. The summed E-state index contributed by atoms with van der Waals surface area (Å²) in [7, 11) is 11.0. The first-order valence-corrected chi connectivity index (χ1v) is 21.3. The van der Waals surface area contributed by atoms with Crippen molar-refractivity contribution < 1.29 is 20.8 Å². The van der Waals surface area contributed by atoms with Gasteiger partial charge in [-0.2, -0.15) is 12.1 Å². The van der Waals surface area contributed by atoms with Crippen LogP contribution in [0.25, 0.3) is 21.5 Å². The van der Waals surface area contributed by atoms with E-state index in [1.165, 1.54) is 43.8 Å². The average Bonchev–Trinajstić information content (AvgIpc) is 3.44. The molecule has 0 aliphatic carbocycles. The third-order valence-corrected chi connectivity index (χ3v) is 6.19. The third-order valence-electron chi connectivity index (χ3n) is 6.19. The van der Waals surface area contributed by atoms with E-state index in [0.717, 1.165) is 9.52 Å². The summed E-state index contributed by atoms with van der Waals surface area (Å²) >= 11 is -0.826. The molecule has 0 spiro atoms. The van der Waals surface area contributed by atoms with Gasteiger partial charge in [0.25, 0.3) is 0 Å². The molecular weight excluding hydrogens is 575 g/mol. The van der Waals surface area contributed by atoms with E-state index in [0.29, 0.717) is 23.7 Å². The number of hydrogen-bond acceptors (Lipinski definition) is 0. The molecule has 0 nitrogen and oxygen atoms in total. The van der Waals surface area contributed by atoms with Crippen LogP contribution in [-0.2, 0) is 20.8 Å². The number of halogens is 2. The molecule has 0 heterocycles. The molecule has 0 unspecified atom stereocenters. The van der Waals surface area contributed by atoms with Crippen LogP contribution in [0, 0.1) is 0 Å². The molecule has 0 atom stereocenters. The van der Waals surface area contributed by atoms with Gasteiger partial charge >= 0.3 is 37.9 Å². The molecule has 0 saturated heterocycles. The number of hydrogen-bond donors (Lipinski definition) is 0. The van der Waals surface area contributed by atoms with Crippen molar-refractivity contribution in [3.8, 4) is 0 Å². The van der Waals surface area contributed by atoms with Crippen LogP contribution >= 0.6 is 17.0 Å². The van der Waals surface area contributed by atoms with Gasteiger partial charge in [-0.25, -0.2) is 0 Å². The van der Waals surface area contributed by atoms with Crippen LogP contribution in [0.5, 0.6) is 0 Å². The van der Waals surface area contributed by atoms with Gasteiger partial charge < -0.3 is 0 Å². The maximum absolute atomic E-state index is 4.93. The Labute approximate surface area is 242 Å². The Morgan fingerprint density at radius 1 is 0.611 bits per heavy atom. The van der Waals surface area contributed by atoms with Gasteiger partial charge in [-0.15, -0.1) is 69.1 Å². The van der Waals surface area contributed by atoms with Gasteiger partial charge in [0, 0.05) is 9.52 Å². The second-order valence-electron chi connectivity index (χ2n) is 10.5. The zero-order chi connectivity index (χ0) is 27.4. The fourth-order valence-electron chi connectivity index (χ4n) is 4.24. The van der Waals surface area contributed by atoms with Crippen LogP contribution < -0.4 is 0 Å². The SMILES string of the molecule is CC(C)c1cc2c(C(C)C)cccc2[cH-]1.CC(C)c1cc2c(C(C)C)cccc2[cH-]1.C[Si]C.[Cl][Zr+2][Cl]. The summed E-state index contributed by atoms with van der Waals surface area (Å²) in [5.41, 5.74) is 5.86. The zero-order valence-electron chi connectivity index (χ0n) is 23.8. The van der Waals surface area contributed by atoms with Crippen LogP contribution in [0.2, 0.25) is 13.1 Å². The van der Waals surface area contributed by atoms with E-state index >= 15 is 0 Å². The summed E-state index contributed by atoms with van der Waals surface area (Å²) in [5.74, 6) is 2.46. The summed E-state index contributed by atoms with van der Waals surface area (Å²) in [6, 6.07) is 22.6. The van der Waals surface area contributed by atoms with Crippen molar-refractivity contribution >= 4 is 48.1 Å². The predicted octanol–water partition coefficient (Wildman–Crippen LogP) is 11.8. The van der Waals surface area contributed by atoms with Crippen molar-refractivity contribution in [2.75, 3.05) is 0 Å². The number of benzene rings is 2. The van der Waals surface area contributed by atoms with Crippen molar-refractivity contribution in [2.45, 2.75) is 92.2 Å². The van der Waals surface area contributed by atoms with Crippen molar-refractivity contribution in [1.82, 2.24) is 0 Å². The van der Waals surface area contributed by atoms with Gasteiger partial charge in [0.2, 0.25) is 0 Å². The summed E-state index contributed by atoms with van der Waals surface area (Å²) < 4.78 is 0. The van der Waals surface area contributed by atoms with E-state index in [-0.39, 0.29) is 0 Å². The summed E-state index contributed by atoms with van der Waals surface area (Å²) in [6.07, 6.45) is 0. The molecule has 194 valence electrons. The van der Waals surface area contributed by atoms with Crippen LogP contribution in [-0.4, -0.2) is 9.52 Å². The minimum absolute atomic E-state index is 0.608. The second-order valence-corrected chi connectivity index (χ2v) is 15.2. The van der Waals surface area contributed by atoms with Crippen LogP contribution in [0.15, 0.2) is 60.7 Å². The monoisotopic (exact) mass is 616 g/mol. The maximum atomic E-state index is 4.93. The normalized spacial score (nSPS) is 10.7. The van der Waals surface area contributed by atoms with Gasteiger partial charge in [0.1, 0.15) is 0 Å². The van der Waals surface area contributed by atoms with E-state index in [2.05, 4.69) is 129 Å². The first-order chi connectivity index (χ1) is 17.0. The molecule has 0 bridgehead atoms. The van der Waals surface area contributed by atoms with Crippen molar-refractivity contribution in [3.05, 3.63) is 82.9 Å². The summed E-state index contributed by atoms with van der Waals surface area (Å²) in [5, 5.41) is 5.67. The third kappa shape index (κ3) is 9.90. The van der Waals surface area contributed by atoms with E-state index in [4.69, 9.17) is 17.0 Å². The van der Waals surface area contributed by atoms with Gasteiger partial charge in [-0.1, -0.05) is 91.7 Å². The van der Waals surface area contributed by atoms with Gasteiger partial charge in [-0.05, 0) is 23.7 Å². The Bertz CT molecular complexity index is 1060. The Morgan fingerprint density at radius 3 is 1.17 bits per heavy atom. The first kappa shape index (κ1) is 33.4. The van der Waals surface area contributed by atoms with E-state index in [9.17, 15) is 0 Å². The molecule has 0 fully saturated rings. The number of fused-ring (bicyclic) bond motifs is 2. The second kappa shape index (κ2) is 17.0. The van der Waals surface area contributed by atoms with Gasteiger partial charge in [0.15, 0.2) is 0 Å². The summed E-state index contributed by atoms with van der Waals surface area (Å²) in [4.78, 5) is 0. The van der Waals surface area contributed by atoms with Crippen LogP contribution in [0.4, 0.5) is 0 Å². The van der Waals surface area contributed by atoms with E-state index in [1.54, 1.807) is 0 Å². The molecule has 4 rings (SSSR count). The Morgan fingerprint density at radius 2 is 0.917 bits per heavy atom. The molecule has 0 aliphatic heterocycles. The molecule has 4 heteroatoms. The van der Waals surface area contributed by atoms with E-state index in [1.807, 2.05) is 0 Å².